The van der Waals surface area contributed by atoms with Crippen molar-refractivity contribution in [2.75, 3.05) is 13.1 Å². The van der Waals surface area contributed by atoms with Gasteiger partial charge < -0.3 is 50.0 Å². The molecule has 0 amide bonds. The van der Waals surface area contributed by atoms with Gasteiger partial charge in [-0.1, -0.05) is 59.6 Å². The van der Waals surface area contributed by atoms with Crippen LogP contribution in [0.15, 0.2) is 94.4 Å². The van der Waals surface area contributed by atoms with Crippen LogP contribution in [-0.4, -0.2) is 77.6 Å². The van der Waals surface area contributed by atoms with E-state index in [-0.39, 0.29) is 76.1 Å². The highest BCUT2D eigenvalue weighted by Gasteiger charge is 2.20. The fourth-order valence-corrected chi connectivity index (χ4v) is 8.16. The number of nitrogens with one attached hydrogen (secondary N) is 2. The zero-order valence-electron chi connectivity index (χ0n) is 36.7. The number of benzene rings is 2. The maximum Gasteiger partial charge on any atom is 0.306 e. The van der Waals surface area contributed by atoms with Gasteiger partial charge in [0.05, 0.1) is 55.2 Å². The second-order valence-corrected chi connectivity index (χ2v) is 17.8. The molecule has 0 fully saturated rings. The zero-order chi connectivity index (χ0) is 50.2. The highest BCUT2D eigenvalue weighted by molar-refractivity contribution is 9.10. The van der Waals surface area contributed by atoms with Crippen LogP contribution in [0.5, 0.6) is 23.5 Å². The van der Waals surface area contributed by atoms with E-state index in [1.165, 1.54) is 12.4 Å². The molecule has 0 spiro atoms. The summed E-state index contributed by atoms with van der Waals surface area (Å²) in [4.78, 5) is 39.5. The van der Waals surface area contributed by atoms with Crippen molar-refractivity contribution in [3.63, 3.8) is 0 Å². The minimum Gasteiger partial charge on any atom is -0.481 e. The molecule has 22 heteroatoms. The van der Waals surface area contributed by atoms with Crippen molar-refractivity contribution in [3.8, 4) is 46.8 Å². The van der Waals surface area contributed by atoms with Crippen molar-refractivity contribution in [3.05, 3.63) is 149 Å². The van der Waals surface area contributed by atoms with Crippen LogP contribution in [0.3, 0.4) is 0 Å². The monoisotopic (exact) mass is 1120 g/mol. The molecule has 6 rings (SSSR count). The first kappa shape index (κ1) is 52.9. The van der Waals surface area contributed by atoms with Gasteiger partial charge >= 0.3 is 11.9 Å². The number of carboxylic acids is 2. The fraction of sp³-hybridized carbons (Fsp3) is 0.250. The molecule has 4 aromatic heterocycles. The zero-order valence-corrected chi connectivity index (χ0v) is 41.4. The Hall–Kier alpha value is -6.46. The number of halogens is 4. The second-order valence-electron chi connectivity index (χ2n) is 15.3. The van der Waals surface area contributed by atoms with E-state index in [0.29, 0.717) is 74.6 Å². The molecule has 2 atom stereocenters. The van der Waals surface area contributed by atoms with Crippen molar-refractivity contribution in [2.45, 2.75) is 64.6 Å². The molecule has 0 aliphatic carbocycles. The lowest BCUT2D eigenvalue weighted by molar-refractivity contribution is -0.140. The molecule has 362 valence electrons. The first-order chi connectivity index (χ1) is 33.7. The SMILES string of the molecule is N#Cc1cncc(COc2nc(OCc3cccc(-c4cccc(COc5nc(OCc6cncc(C#N)c6)c(CNCC(O)CC(=O)O)cc5Br)c4Cl)c3Cl)c(Br)cc2CNCC(O)CC(=O)O)c1. The molecule has 0 aliphatic rings. The molecule has 0 bridgehead atoms. The van der Waals surface area contributed by atoms with Crippen LogP contribution < -0.4 is 29.6 Å². The van der Waals surface area contributed by atoms with E-state index >= 15 is 0 Å². The summed E-state index contributed by atoms with van der Waals surface area (Å²) in [7, 11) is 0. The maximum absolute atomic E-state index is 11.0. The molecule has 0 saturated heterocycles. The van der Waals surface area contributed by atoms with Crippen LogP contribution in [-0.2, 0) is 49.1 Å². The minimum atomic E-state index is -1.13. The maximum atomic E-state index is 11.0. The Kier molecular flexibility index (Phi) is 19.6. The van der Waals surface area contributed by atoms with E-state index in [1.54, 1.807) is 48.8 Å². The van der Waals surface area contributed by atoms with Gasteiger partial charge in [-0.15, -0.1) is 0 Å². The highest BCUT2D eigenvalue weighted by atomic mass is 79.9. The van der Waals surface area contributed by atoms with Crippen molar-refractivity contribution < 1.29 is 49.0 Å². The van der Waals surface area contributed by atoms with Crippen LogP contribution in [0.4, 0.5) is 0 Å². The van der Waals surface area contributed by atoms with Crippen LogP contribution in [0.1, 0.15) is 57.3 Å². The number of hydrogen-bond donors (Lipinski definition) is 6. The third-order valence-corrected chi connectivity index (χ3v) is 12.0. The van der Waals surface area contributed by atoms with Gasteiger partial charge in [0.1, 0.15) is 38.6 Å². The smallest absolute Gasteiger partial charge is 0.306 e. The third-order valence-electron chi connectivity index (χ3n) is 9.95. The lowest BCUT2D eigenvalue weighted by atomic mass is 10.0. The molecule has 2 aromatic carbocycles. The Morgan fingerprint density at radius 2 is 1.00 bits per heavy atom. The number of carbonyl (C=O) groups is 2. The van der Waals surface area contributed by atoms with Gasteiger partial charge in [0.15, 0.2) is 0 Å². The lowest BCUT2D eigenvalue weighted by Gasteiger charge is -2.17. The summed E-state index contributed by atoms with van der Waals surface area (Å²) in [5.74, 6) is -1.56. The van der Waals surface area contributed by atoms with Crippen molar-refractivity contribution in [1.82, 2.24) is 30.6 Å². The number of carboxylic acid groups (broad SMARTS) is 2. The lowest BCUT2D eigenvalue weighted by Crippen LogP contribution is -2.28. The number of aliphatic hydroxyl groups excluding tert-OH is 2. The Morgan fingerprint density at radius 3 is 1.39 bits per heavy atom. The summed E-state index contributed by atoms with van der Waals surface area (Å²) in [6, 6.07) is 21.7. The molecule has 6 aromatic rings. The first-order valence-electron chi connectivity index (χ1n) is 21.1. The number of pyridine rings is 4. The number of aromatic nitrogens is 4. The van der Waals surface area contributed by atoms with Gasteiger partial charge in [0.2, 0.25) is 23.5 Å². The van der Waals surface area contributed by atoms with Gasteiger partial charge in [0, 0.05) is 95.5 Å². The Bertz CT molecular complexity index is 2730. The first-order valence-corrected chi connectivity index (χ1v) is 23.4. The van der Waals surface area contributed by atoms with Crippen LogP contribution in [0.25, 0.3) is 11.1 Å². The second kappa shape index (κ2) is 25.9. The average Bonchev–Trinajstić information content (AvgIpc) is 3.33. The van der Waals surface area contributed by atoms with E-state index < -0.39 is 37.0 Å². The van der Waals surface area contributed by atoms with Gasteiger partial charge in [-0.2, -0.15) is 20.5 Å². The largest absolute Gasteiger partial charge is 0.481 e. The summed E-state index contributed by atoms with van der Waals surface area (Å²) in [5.41, 5.74) is 5.51. The number of aliphatic hydroxyl groups is 2. The van der Waals surface area contributed by atoms with E-state index in [0.717, 1.165) is 0 Å². The van der Waals surface area contributed by atoms with Crippen molar-refractivity contribution >= 4 is 67.0 Å². The standard InChI is InChI=1S/C48H42Br2Cl2N8O10/c49-39-9-33(19-57-21-35(61)11-41(63)64)45(67-23-29-7-27(13-53)15-55-17-29)59-47(39)69-25-31-3-1-5-37(43(31)51)38-6-2-4-32(44(38)52)26-70-48-40(50)10-34(20-58-22-36(62)12-42(65)66)46(60-48)68-24-30-8-28(14-54)16-56-18-30/h1-10,15-18,35-36,57-58,61-62H,11-12,19-26H2,(H,63,64)(H,65,66). The van der Waals surface area contributed by atoms with E-state index in [1.807, 2.05) is 36.4 Å². The Labute approximate surface area is 428 Å². The molecule has 4 heterocycles. The quantitative estimate of drug-likeness (QED) is 0.0321. The molecule has 18 nitrogen and oxygen atoms in total. The molecule has 70 heavy (non-hydrogen) atoms. The molecule has 6 N–H and O–H groups in total. The average molecular weight is 1120 g/mol. The van der Waals surface area contributed by atoms with Crippen LogP contribution >= 0.6 is 55.1 Å². The summed E-state index contributed by atoms with van der Waals surface area (Å²) in [6.45, 7) is 0.290. The molecule has 0 radical (unpaired) electrons. The Morgan fingerprint density at radius 1 is 0.600 bits per heavy atom. The number of nitriles is 2. The number of rotatable bonds is 25. The van der Waals surface area contributed by atoms with Gasteiger partial charge in [-0.3, -0.25) is 19.6 Å². The number of nitrogens with zero attached hydrogens (tertiary/aromatic N) is 6. The van der Waals surface area contributed by atoms with Crippen molar-refractivity contribution in [1.29, 1.82) is 10.5 Å². The third kappa shape index (κ3) is 15.3. The summed E-state index contributed by atoms with van der Waals surface area (Å²) in [6.07, 6.45) is 2.90. The molecular formula is C48H42Br2Cl2N8O10. The number of ether oxygens (including phenoxy) is 4. The van der Waals surface area contributed by atoms with Crippen LogP contribution in [0, 0.1) is 22.7 Å². The fourth-order valence-electron chi connectivity index (χ4n) is 6.64. The topological polar surface area (TPSA) is 275 Å². The van der Waals surface area contributed by atoms with Crippen LogP contribution in [0.2, 0.25) is 10.0 Å². The molecule has 0 aliphatic heterocycles. The van der Waals surface area contributed by atoms with E-state index in [2.05, 4.69) is 62.4 Å². The predicted molar refractivity (Wildman–Crippen MR) is 261 cm³/mol. The minimum absolute atomic E-state index is 0.00305. The summed E-state index contributed by atoms with van der Waals surface area (Å²) in [5, 5.41) is 63.6. The highest BCUT2D eigenvalue weighted by Crippen LogP contribution is 2.39. The van der Waals surface area contributed by atoms with E-state index in [9.17, 15) is 30.3 Å². The van der Waals surface area contributed by atoms with Crippen molar-refractivity contribution in [2.24, 2.45) is 0 Å². The Balaban J connectivity index is 1.18. The van der Waals surface area contributed by atoms with Gasteiger partial charge in [0.25, 0.3) is 0 Å². The molecular weight excluding hydrogens is 1080 g/mol. The van der Waals surface area contributed by atoms with Gasteiger partial charge in [-0.05, 0) is 56.1 Å². The summed E-state index contributed by atoms with van der Waals surface area (Å²) >= 11 is 21.2. The molecule has 0 saturated carbocycles. The van der Waals surface area contributed by atoms with Gasteiger partial charge in [-0.25, -0.2) is 0 Å². The number of aliphatic carboxylic acids is 2. The van der Waals surface area contributed by atoms with E-state index in [4.69, 9.17) is 52.4 Å². The normalized spacial score (nSPS) is 11.8. The molecule has 2 unspecified atom stereocenters. The number of hydrogen-bond acceptors (Lipinski definition) is 16. The predicted octanol–water partition coefficient (Wildman–Crippen LogP) is 7.68. The summed E-state index contributed by atoms with van der Waals surface area (Å²) < 4.78 is 25.5.